The number of thioether (sulfide) groups is 1. The molecular weight excluding hydrogens is 419 g/mol. The predicted octanol–water partition coefficient (Wildman–Crippen LogP) is 3.67. The van der Waals surface area contributed by atoms with Gasteiger partial charge in [-0.2, -0.15) is 13.2 Å². The third-order valence-electron chi connectivity index (χ3n) is 4.19. The van der Waals surface area contributed by atoms with Crippen molar-refractivity contribution >= 4 is 34.9 Å². The molecule has 0 N–H and O–H groups in total. The minimum absolute atomic E-state index is 0.0167. The van der Waals surface area contributed by atoms with Crippen LogP contribution < -0.4 is 5.56 Å². The van der Waals surface area contributed by atoms with Gasteiger partial charge in [0.2, 0.25) is 6.41 Å². The summed E-state index contributed by atoms with van der Waals surface area (Å²) in [5.41, 5.74) is -1.30. The maximum absolute atomic E-state index is 13.3. The van der Waals surface area contributed by atoms with Crippen LogP contribution in [0.4, 0.5) is 13.2 Å². The van der Waals surface area contributed by atoms with Crippen molar-refractivity contribution in [1.82, 2.24) is 24.2 Å². The quantitative estimate of drug-likeness (QED) is 0.205. The molecule has 0 aliphatic carbocycles. The molecule has 0 aliphatic heterocycles. The lowest BCUT2D eigenvalue weighted by atomic mass is 10.2. The summed E-state index contributed by atoms with van der Waals surface area (Å²) in [6.45, 7) is 7.96. The second-order valence-electron chi connectivity index (χ2n) is 6.61. The van der Waals surface area contributed by atoms with Crippen LogP contribution in [-0.2, 0) is 11.3 Å². The number of carbonyl (C=O) groups excluding carboxylic acids is 1. The molecule has 2 aromatic rings. The molecule has 7 nitrogen and oxygen atoms in total. The van der Waals surface area contributed by atoms with Crippen molar-refractivity contribution in [1.29, 1.82) is 0 Å². The molecule has 0 aliphatic rings. The monoisotopic (exact) mass is 441 g/mol. The molecule has 11 heteroatoms. The highest BCUT2D eigenvalue weighted by molar-refractivity contribution is 7.98. The highest BCUT2D eigenvalue weighted by atomic mass is 32.2. The zero-order valence-corrected chi connectivity index (χ0v) is 17.8. The van der Waals surface area contributed by atoms with Crippen LogP contribution in [0.2, 0.25) is 0 Å². The van der Waals surface area contributed by atoms with Crippen molar-refractivity contribution < 1.29 is 18.0 Å². The molecular formula is C19H22F3N5O2S. The number of fused-ring (bicyclic) bond motifs is 1. The standard InChI is InChI=1S/C19H22F3N5O2S/c1-6-7-26-17(29)15-9-23-18(30-5)24-16(15)27(26)14(8-13(4)19(20,21)22)10-25(11-28)12(2)3/h6,8-12H,1,7H2,2-5H3/b13-8+,14-10+. The molecule has 1 amide bonds. The van der Waals surface area contributed by atoms with Crippen LogP contribution in [0.3, 0.4) is 0 Å². The third kappa shape index (κ3) is 4.84. The number of carbonyl (C=O) groups is 1. The van der Waals surface area contributed by atoms with Crippen LogP contribution in [0.25, 0.3) is 16.7 Å². The maximum Gasteiger partial charge on any atom is 0.412 e. The molecule has 162 valence electrons. The first-order chi connectivity index (χ1) is 14.0. The Morgan fingerprint density at radius 3 is 2.57 bits per heavy atom. The topological polar surface area (TPSA) is 73.0 Å². The van der Waals surface area contributed by atoms with Crippen molar-refractivity contribution in [2.75, 3.05) is 6.26 Å². The van der Waals surface area contributed by atoms with Gasteiger partial charge in [0.1, 0.15) is 5.39 Å². The first kappa shape index (κ1) is 23.5. The third-order valence-corrected chi connectivity index (χ3v) is 4.76. The first-order valence-electron chi connectivity index (χ1n) is 8.89. The Morgan fingerprint density at radius 1 is 1.40 bits per heavy atom. The van der Waals surface area contributed by atoms with Crippen molar-refractivity contribution in [3.8, 4) is 0 Å². The van der Waals surface area contributed by atoms with Crippen LogP contribution in [0, 0.1) is 0 Å². The number of amides is 1. The van der Waals surface area contributed by atoms with Crippen LogP contribution in [0.15, 0.2) is 46.7 Å². The molecule has 2 aromatic heterocycles. The van der Waals surface area contributed by atoms with Gasteiger partial charge in [-0.05, 0) is 33.1 Å². The molecule has 30 heavy (non-hydrogen) atoms. The summed E-state index contributed by atoms with van der Waals surface area (Å²) in [5, 5.41) is 0.486. The SMILES string of the molecule is C=CCn1c(=O)c2cnc(SC)nc2n1C(=C/N(C=O)C(C)C)/C=C(\C)C(F)(F)F. The summed E-state index contributed by atoms with van der Waals surface area (Å²) >= 11 is 1.23. The first-order valence-corrected chi connectivity index (χ1v) is 10.1. The van der Waals surface area contributed by atoms with E-state index in [1.54, 1.807) is 20.1 Å². The van der Waals surface area contributed by atoms with E-state index in [-0.39, 0.29) is 29.3 Å². The van der Waals surface area contributed by atoms with E-state index in [1.165, 1.54) is 44.5 Å². The summed E-state index contributed by atoms with van der Waals surface area (Å²) in [5.74, 6) is 0. The molecule has 2 rings (SSSR count). The number of nitrogens with zero attached hydrogens (tertiary/aromatic N) is 5. The van der Waals surface area contributed by atoms with Crippen LogP contribution in [0.5, 0.6) is 0 Å². The van der Waals surface area contributed by atoms with Gasteiger partial charge in [-0.25, -0.2) is 19.3 Å². The van der Waals surface area contributed by atoms with Gasteiger partial charge in [-0.3, -0.25) is 9.59 Å². The zero-order valence-electron chi connectivity index (χ0n) is 17.0. The van der Waals surface area contributed by atoms with E-state index in [1.807, 2.05) is 0 Å². The van der Waals surface area contributed by atoms with Crippen molar-refractivity contribution in [2.45, 2.75) is 44.7 Å². The Hall–Kier alpha value is -2.82. The van der Waals surface area contributed by atoms with Gasteiger partial charge in [-0.15, -0.1) is 6.58 Å². The number of hydrogen-bond acceptors (Lipinski definition) is 5. The number of hydrogen-bond donors (Lipinski definition) is 0. The highest BCUT2D eigenvalue weighted by Gasteiger charge is 2.31. The largest absolute Gasteiger partial charge is 0.412 e. The average molecular weight is 441 g/mol. The van der Waals surface area contributed by atoms with Gasteiger partial charge in [0.25, 0.3) is 5.56 Å². The van der Waals surface area contributed by atoms with E-state index < -0.39 is 17.3 Å². The highest BCUT2D eigenvalue weighted by Crippen LogP contribution is 2.28. The van der Waals surface area contributed by atoms with Crippen LogP contribution in [-0.4, -0.2) is 49.1 Å². The average Bonchev–Trinajstić information content (AvgIpc) is 2.95. The van der Waals surface area contributed by atoms with Crippen LogP contribution in [0.1, 0.15) is 20.8 Å². The van der Waals surface area contributed by atoms with Gasteiger partial charge < -0.3 is 4.90 Å². The van der Waals surface area contributed by atoms with Crippen LogP contribution >= 0.6 is 11.8 Å². The van der Waals surface area contributed by atoms with Gasteiger partial charge in [0.15, 0.2) is 10.8 Å². The fourth-order valence-electron chi connectivity index (χ4n) is 2.57. The lowest BCUT2D eigenvalue weighted by Gasteiger charge is -2.21. The lowest BCUT2D eigenvalue weighted by Crippen LogP contribution is -2.27. The minimum atomic E-state index is -4.59. The van der Waals surface area contributed by atoms with Crippen molar-refractivity contribution in [3.05, 3.63) is 47.1 Å². The lowest BCUT2D eigenvalue weighted by molar-refractivity contribution is -0.117. The van der Waals surface area contributed by atoms with E-state index in [4.69, 9.17) is 0 Å². The number of aromatic nitrogens is 4. The Labute approximate surface area is 175 Å². The number of halogens is 3. The van der Waals surface area contributed by atoms with E-state index in [9.17, 15) is 22.8 Å². The maximum atomic E-state index is 13.3. The van der Waals surface area contributed by atoms with E-state index in [2.05, 4.69) is 16.5 Å². The molecule has 0 radical (unpaired) electrons. The molecule has 0 unspecified atom stereocenters. The molecule has 0 bridgehead atoms. The number of allylic oxidation sites excluding steroid dienone is 4. The molecule has 2 heterocycles. The summed E-state index contributed by atoms with van der Waals surface area (Å²) < 4.78 is 42.3. The fourth-order valence-corrected chi connectivity index (χ4v) is 2.91. The summed E-state index contributed by atoms with van der Waals surface area (Å²) in [4.78, 5) is 34.0. The molecule has 0 spiro atoms. The van der Waals surface area contributed by atoms with E-state index in [0.717, 1.165) is 13.0 Å². The smallest absolute Gasteiger partial charge is 0.317 e. The number of rotatable bonds is 8. The van der Waals surface area contributed by atoms with Gasteiger partial charge in [0.05, 0.1) is 12.2 Å². The van der Waals surface area contributed by atoms with E-state index >= 15 is 0 Å². The van der Waals surface area contributed by atoms with Crippen molar-refractivity contribution in [3.63, 3.8) is 0 Å². The Kier molecular flexibility index (Phi) is 7.30. The molecule has 0 saturated carbocycles. The fraction of sp³-hybridized carbons (Fsp3) is 0.368. The normalized spacial score (nSPS) is 13.2. The minimum Gasteiger partial charge on any atom is -0.317 e. The predicted molar refractivity (Wildman–Crippen MR) is 111 cm³/mol. The second kappa shape index (κ2) is 9.33. The van der Waals surface area contributed by atoms with Gasteiger partial charge in [-0.1, -0.05) is 17.8 Å². The number of alkyl halides is 3. The molecule has 0 atom stereocenters. The molecule has 0 fully saturated rings. The summed E-state index contributed by atoms with van der Waals surface area (Å²) in [6, 6.07) is -0.324. The zero-order chi connectivity index (χ0) is 22.6. The van der Waals surface area contributed by atoms with Gasteiger partial charge in [0, 0.05) is 24.0 Å². The van der Waals surface area contributed by atoms with Gasteiger partial charge >= 0.3 is 6.18 Å². The molecule has 0 aromatic carbocycles. The summed E-state index contributed by atoms with van der Waals surface area (Å²) in [7, 11) is 0. The Balaban J connectivity index is 2.96. The molecule has 0 saturated heterocycles. The van der Waals surface area contributed by atoms with Crippen molar-refractivity contribution in [2.24, 2.45) is 0 Å². The second-order valence-corrected chi connectivity index (χ2v) is 7.38. The Morgan fingerprint density at radius 2 is 2.07 bits per heavy atom. The van der Waals surface area contributed by atoms with E-state index in [0.29, 0.717) is 11.6 Å². The Bertz CT molecular complexity index is 1070. The summed E-state index contributed by atoms with van der Waals surface area (Å²) in [6.07, 6.45) is 2.56.